The maximum atomic E-state index is 12.1. The molecule has 0 aliphatic rings. The maximum absolute atomic E-state index is 12.1. The SMILES string of the molecule is COC(=O)c1cc(C)ccc1NC(=O)c1cccc(Cl)n1. The standard InChI is InChI=1S/C15H13ClN2O3/c1-9-6-7-11(10(8-9)15(20)21-2)18-14(19)12-4-3-5-13(16)17-12/h3-8H,1-2H3,(H,18,19). The van der Waals surface area contributed by atoms with Crippen molar-refractivity contribution in [3.8, 4) is 0 Å². The molecule has 1 aromatic heterocycles. The summed E-state index contributed by atoms with van der Waals surface area (Å²) in [6.07, 6.45) is 0. The first kappa shape index (κ1) is 15.0. The number of benzene rings is 1. The van der Waals surface area contributed by atoms with Gasteiger partial charge in [0.2, 0.25) is 0 Å². The van der Waals surface area contributed by atoms with Crippen molar-refractivity contribution in [1.29, 1.82) is 0 Å². The number of rotatable bonds is 3. The van der Waals surface area contributed by atoms with Crippen LogP contribution < -0.4 is 5.32 Å². The molecule has 6 heteroatoms. The number of nitrogens with one attached hydrogen (secondary N) is 1. The summed E-state index contributed by atoms with van der Waals surface area (Å²) in [5, 5.41) is 2.86. The minimum Gasteiger partial charge on any atom is -0.465 e. The number of aromatic nitrogens is 1. The molecule has 0 atom stereocenters. The number of anilines is 1. The van der Waals surface area contributed by atoms with Gasteiger partial charge < -0.3 is 10.1 Å². The van der Waals surface area contributed by atoms with Gasteiger partial charge in [0, 0.05) is 0 Å². The number of carbonyl (C=O) groups excluding carboxylic acids is 2. The second-order valence-corrected chi connectivity index (χ2v) is 4.73. The van der Waals surface area contributed by atoms with E-state index in [1.54, 1.807) is 30.3 Å². The van der Waals surface area contributed by atoms with Crippen molar-refractivity contribution < 1.29 is 14.3 Å². The molecule has 108 valence electrons. The smallest absolute Gasteiger partial charge is 0.339 e. The zero-order valence-corrected chi connectivity index (χ0v) is 12.3. The van der Waals surface area contributed by atoms with E-state index < -0.39 is 11.9 Å². The summed E-state index contributed by atoms with van der Waals surface area (Å²) in [6, 6.07) is 9.81. The number of amides is 1. The highest BCUT2D eigenvalue weighted by Gasteiger charge is 2.15. The topological polar surface area (TPSA) is 68.3 Å². The number of methoxy groups -OCH3 is 1. The zero-order valence-electron chi connectivity index (χ0n) is 11.5. The third-order valence-electron chi connectivity index (χ3n) is 2.78. The molecule has 0 saturated heterocycles. The lowest BCUT2D eigenvalue weighted by atomic mass is 10.1. The molecule has 0 bridgehead atoms. The van der Waals surface area contributed by atoms with Crippen LogP contribution in [0, 0.1) is 6.92 Å². The van der Waals surface area contributed by atoms with Crippen molar-refractivity contribution in [2.75, 3.05) is 12.4 Å². The average molecular weight is 305 g/mol. The quantitative estimate of drug-likeness (QED) is 0.699. The second kappa shape index (κ2) is 6.37. The minimum atomic E-state index is -0.520. The monoisotopic (exact) mass is 304 g/mol. The number of ether oxygens (including phenoxy) is 1. The zero-order chi connectivity index (χ0) is 15.4. The Hall–Kier alpha value is -2.40. The molecular formula is C15H13ClN2O3. The number of carbonyl (C=O) groups is 2. The number of esters is 1. The highest BCUT2D eigenvalue weighted by atomic mass is 35.5. The number of pyridine rings is 1. The molecule has 0 aliphatic carbocycles. The van der Waals surface area contributed by atoms with Gasteiger partial charge in [-0.2, -0.15) is 0 Å². The fourth-order valence-corrected chi connectivity index (χ4v) is 1.93. The molecule has 1 heterocycles. The first-order chi connectivity index (χ1) is 10.0. The number of nitrogens with zero attached hydrogens (tertiary/aromatic N) is 1. The van der Waals surface area contributed by atoms with Gasteiger partial charge >= 0.3 is 5.97 Å². The summed E-state index contributed by atoms with van der Waals surface area (Å²) < 4.78 is 4.71. The van der Waals surface area contributed by atoms with E-state index in [-0.39, 0.29) is 16.4 Å². The molecule has 5 nitrogen and oxygen atoms in total. The number of halogens is 1. The largest absolute Gasteiger partial charge is 0.465 e. The van der Waals surface area contributed by atoms with E-state index in [4.69, 9.17) is 16.3 Å². The van der Waals surface area contributed by atoms with E-state index in [1.807, 2.05) is 6.92 Å². The summed E-state index contributed by atoms with van der Waals surface area (Å²) in [6.45, 7) is 1.84. The van der Waals surface area contributed by atoms with Gasteiger partial charge in [-0.15, -0.1) is 0 Å². The van der Waals surface area contributed by atoms with Crippen LogP contribution in [0.5, 0.6) is 0 Å². The first-order valence-electron chi connectivity index (χ1n) is 6.14. The molecule has 2 aromatic rings. The van der Waals surface area contributed by atoms with Crippen LogP contribution >= 0.6 is 11.6 Å². The molecule has 2 rings (SSSR count). The van der Waals surface area contributed by atoms with Crippen LogP contribution in [0.25, 0.3) is 0 Å². The van der Waals surface area contributed by atoms with Crippen molar-refractivity contribution in [2.45, 2.75) is 6.92 Å². The van der Waals surface area contributed by atoms with E-state index in [1.165, 1.54) is 13.2 Å². The Morgan fingerprint density at radius 3 is 2.67 bits per heavy atom. The normalized spacial score (nSPS) is 10.0. The summed E-state index contributed by atoms with van der Waals surface area (Å²) in [5.41, 5.74) is 1.69. The number of aryl methyl sites for hydroxylation is 1. The molecule has 0 radical (unpaired) electrons. The molecule has 0 unspecified atom stereocenters. The van der Waals surface area contributed by atoms with Gasteiger partial charge in [0.15, 0.2) is 0 Å². The summed E-state index contributed by atoms with van der Waals surface area (Å²) in [5.74, 6) is -0.973. The van der Waals surface area contributed by atoms with Crippen molar-refractivity contribution in [3.63, 3.8) is 0 Å². The Labute approximate surface area is 126 Å². The number of hydrogen-bond acceptors (Lipinski definition) is 4. The molecule has 0 spiro atoms. The van der Waals surface area contributed by atoms with Gasteiger partial charge in [-0.05, 0) is 31.2 Å². The highest BCUT2D eigenvalue weighted by molar-refractivity contribution is 6.29. The van der Waals surface area contributed by atoms with Gasteiger partial charge in [-0.1, -0.05) is 29.3 Å². The molecule has 1 aromatic carbocycles. The summed E-state index contributed by atoms with van der Waals surface area (Å²) >= 11 is 5.75. The van der Waals surface area contributed by atoms with Crippen LogP contribution in [0.3, 0.4) is 0 Å². The fourth-order valence-electron chi connectivity index (χ4n) is 1.77. The summed E-state index contributed by atoms with van der Waals surface area (Å²) in [4.78, 5) is 27.8. The van der Waals surface area contributed by atoms with E-state index >= 15 is 0 Å². The summed E-state index contributed by atoms with van der Waals surface area (Å²) in [7, 11) is 1.29. The minimum absolute atomic E-state index is 0.166. The molecule has 0 saturated carbocycles. The van der Waals surface area contributed by atoms with Crippen LogP contribution in [-0.4, -0.2) is 24.0 Å². The van der Waals surface area contributed by atoms with Crippen LogP contribution in [0.4, 0.5) is 5.69 Å². The van der Waals surface area contributed by atoms with Crippen molar-refractivity contribution in [3.05, 3.63) is 58.4 Å². The second-order valence-electron chi connectivity index (χ2n) is 4.34. The van der Waals surface area contributed by atoms with Gasteiger partial charge in [0.05, 0.1) is 18.4 Å². The molecule has 1 N–H and O–H groups in total. The average Bonchev–Trinajstić information content (AvgIpc) is 2.48. The van der Waals surface area contributed by atoms with Gasteiger partial charge in [-0.3, -0.25) is 4.79 Å². The lowest BCUT2D eigenvalue weighted by molar-refractivity contribution is 0.0602. The third kappa shape index (κ3) is 3.58. The van der Waals surface area contributed by atoms with Crippen molar-refractivity contribution in [1.82, 2.24) is 4.98 Å². The van der Waals surface area contributed by atoms with Gasteiger partial charge in [0.25, 0.3) is 5.91 Å². The third-order valence-corrected chi connectivity index (χ3v) is 2.99. The Morgan fingerprint density at radius 1 is 1.24 bits per heavy atom. The molecule has 21 heavy (non-hydrogen) atoms. The Balaban J connectivity index is 2.31. The predicted octanol–water partition coefficient (Wildman–Crippen LogP) is 3.08. The van der Waals surface area contributed by atoms with Crippen LogP contribution in [-0.2, 0) is 4.74 Å². The predicted molar refractivity (Wildman–Crippen MR) is 79.7 cm³/mol. The van der Waals surface area contributed by atoms with Crippen LogP contribution in [0.15, 0.2) is 36.4 Å². The van der Waals surface area contributed by atoms with E-state index in [9.17, 15) is 9.59 Å². The molecule has 0 fully saturated rings. The Bertz CT molecular complexity index is 701. The maximum Gasteiger partial charge on any atom is 0.339 e. The Morgan fingerprint density at radius 2 is 2.00 bits per heavy atom. The number of hydrogen-bond donors (Lipinski definition) is 1. The van der Waals surface area contributed by atoms with E-state index in [0.717, 1.165) is 5.56 Å². The lowest BCUT2D eigenvalue weighted by Gasteiger charge is -2.10. The molecule has 0 aliphatic heterocycles. The van der Waals surface area contributed by atoms with Crippen LogP contribution in [0.2, 0.25) is 5.15 Å². The van der Waals surface area contributed by atoms with Gasteiger partial charge in [0.1, 0.15) is 10.8 Å². The fraction of sp³-hybridized carbons (Fsp3) is 0.133. The van der Waals surface area contributed by atoms with Crippen molar-refractivity contribution >= 4 is 29.2 Å². The van der Waals surface area contributed by atoms with E-state index in [2.05, 4.69) is 10.3 Å². The Kier molecular flexibility index (Phi) is 4.55. The molecular weight excluding hydrogens is 292 g/mol. The van der Waals surface area contributed by atoms with Gasteiger partial charge in [-0.25, -0.2) is 9.78 Å². The lowest BCUT2D eigenvalue weighted by Crippen LogP contribution is -2.16. The van der Waals surface area contributed by atoms with Crippen LogP contribution in [0.1, 0.15) is 26.4 Å². The first-order valence-corrected chi connectivity index (χ1v) is 6.52. The van der Waals surface area contributed by atoms with E-state index in [0.29, 0.717) is 5.69 Å². The highest BCUT2D eigenvalue weighted by Crippen LogP contribution is 2.19. The van der Waals surface area contributed by atoms with Crippen molar-refractivity contribution in [2.24, 2.45) is 0 Å². The molecule has 1 amide bonds.